The molecule has 0 amide bonds. The minimum atomic E-state index is -4.70. The fraction of sp³-hybridized carbons (Fsp3) is 0.571. The van der Waals surface area contributed by atoms with Crippen molar-refractivity contribution in [2.45, 2.75) is 19.3 Å². The molecule has 1 aromatic rings. The van der Waals surface area contributed by atoms with Crippen molar-refractivity contribution in [1.29, 1.82) is 0 Å². The minimum absolute atomic E-state index is 0. The molecule has 0 aromatic heterocycles. The monoisotopic (exact) mass is 340 g/mol. The van der Waals surface area contributed by atoms with Crippen LogP contribution in [0, 0.1) is 0 Å². The number of methoxy groups -OCH3 is 1. The molecule has 4 nitrogen and oxygen atoms in total. The maximum atomic E-state index is 12.2. The van der Waals surface area contributed by atoms with Gasteiger partial charge in [0.25, 0.3) is 0 Å². The Bertz CT molecular complexity index is 480. The maximum Gasteiger partial charge on any atom is 0.573 e. The normalized spacial score (nSPS) is 17.5. The van der Waals surface area contributed by atoms with Gasteiger partial charge in [-0.05, 0) is 13.0 Å². The van der Waals surface area contributed by atoms with E-state index in [0.717, 1.165) is 31.7 Å². The molecule has 8 heteroatoms. The number of rotatable bonds is 4. The SMILES string of the molecule is COc1cc(OC(F)(F)F)ccc1[C@H](C)N1CCNCC1.Cl. The van der Waals surface area contributed by atoms with E-state index in [9.17, 15) is 13.2 Å². The Morgan fingerprint density at radius 1 is 1.23 bits per heavy atom. The third-order valence-corrected chi connectivity index (χ3v) is 3.59. The number of nitrogens with one attached hydrogen (secondary N) is 1. The molecule has 22 heavy (non-hydrogen) atoms. The summed E-state index contributed by atoms with van der Waals surface area (Å²) in [6, 6.07) is 4.31. The van der Waals surface area contributed by atoms with Gasteiger partial charge in [-0.2, -0.15) is 0 Å². The number of ether oxygens (including phenoxy) is 2. The van der Waals surface area contributed by atoms with Gasteiger partial charge in [-0.25, -0.2) is 0 Å². The number of hydrogen-bond donors (Lipinski definition) is 1. The first-order valence-corrected chi connectivity index (χ1v) is 6.79. The summed E-state index contributed by atoms with van der Waals surface area (Å²) in [7, 11) is 1.45. The quantitative estimate of drug-likeness (QED) is 0.913. The summed E-state index contributed by atoms with van der Waals surface area (Å²) < 4.78 is 45.9. The zero-order chi connectivity index (χ0) is 15.5. The van der Waals surface area contributed by atoms with Gasteiger partial charge in [-0.3, -0.25) is 4.90 Å². The molecule has 1 heterocycles. The lowest BCUT2D eigenvalue weighted by Gasteiger charge is -2.33. The largest absolute Gasteiger partial charge is 0.573 e. The number of alkyl halides is 3. The molecule has 1 aliphatic rings. The van der Waals surface area contributed by atoms with E-state index < -0.39 is 6.36 Å². The summed E-state index contributed by atoms with van der Waals surface area (Å²) in [5.74, 6) is 0.137. The van der Waals surface area contributed by atoms with Crippen LogP contribution in [-0.4, -0.2) is 44.6 Å². The molecular weight excluding hydrogens is 321 g/mol. The van der Waals surface area contributed by atoms with Gasteiger partial charge in [0, 0.05) is 43.9 Å². The first kappa shape index (κ1) is 18.9. The summed E-state index contributed by atoms with van der Waals surface area (Å²) in [6.45, 7) is 5.62. The topological polar surface area (TPSA) is 33.7 Å². The first-order valence-electron chi connectivity index (χ1n) is 6.79. The third kappa shape index (κ3) is 4.93. The highest BCUT2D eigenvalue weighted by Crippen LogP contribution is 2.34. The van der Waals surface area contributed by atoms with Crippen molar-refractivity contribution in [2.24, 2.45) is 0 Å². The number of hydrogen-bond acceptors (Lipinski definition) is 4. The lowest BCUT2D eigenvalue weighted by atomic mass is 10.0. The van der Waals surface area contributed by atoms with Crippen LogP contribution in [0.5, 0.6) is 11.5 Å². The molecule has 2 rings (SSSR count). The van der Waals surface area contributed by atoms with Crippen molar-refractivity contribution in [3.05, 3.63) is 23.8 Å². The molecule has 1 fully saturated rings. The van der Waals surface area contributed by atoms with E-state index in [1.54, 1.807) is 6.07 Å². The van der Waals surface area contributed by atoms with Crippen LogP contribution in [-0.2, 0) is 0 Å². The molecule has 0 aliphatic carbocycles. The van der Waals surface area contributed by atoms with Crippen LogP contribution >= 0.6 is 12.4 Å². The predicted octanol–water partition coefficient (Wildman–Crippen LogP) is 2.98. The van der Waals surface area contributed by atoms with Crippen molar-refractivity contribution in [1.82, 2.24) is 10.2 Å². The Morgan fingerprint density at radius 3 is 2.41 bits per heavy atom. The van der Waals surface area contributed by atoms with Gasteiger partial charge in [-0.1, -0.05) is 6.07 Å². The van der Waals surface area contributed by atoms with Gasteiger partial charge >= 0.3 is 6.36 Å². The molecule has 1 N–H and O–H groups in total. The third-order valence-electron chi connectivity index (χ3n) is 3.59. The zero-order valence-electron chi connectivity index (χ0n) is 12.4. The van der Waals surface area contributed by atoms with Gasteiger partial charge in [-0.15, -0.1) is 25.6 Å². The first-order chi connectivity index (χ1) is 9.90. The average molecular weight is 341 g/mol. The van der Waals surface area contributed by atoms with Crippen molar-refractivity contribution < 1.29 is 22.6 Å². The van der Waals surface area contributed by atoms with E-state index >= 15 is 0 Å². The summed E-state index contributed by atoms with van der Waals surface area (Å²) in [5, 5.41) is 3.27. The molecule has 0 spiro atoms. The van der Waals surface area contributed by atoms with Crippen molar-refractivity contribution in [3.8, 4) is 11.5 Å². The molecule has 0 saturated carbocycles. The van der Waals surface area contributed by atoms with Crippen LogP contribution in [0.2, 0.25) is 0 Å². The molecule has 0 bridgehead atoms. The van der Waals surface area contributed by atoms with E-state index in [0.29, 0.717) is 5.75 Å². The van der Waals surface area contributed by atoms with Crippen molar-refractivity contribution >= 4 is 12.4 Å². The number of piperazine rings is 1. The van der Waals surface area contributed by atoms with Crippen molar-refractivity contribution in [3.63, 3.8) is 0 Å². The highest BCUT2D eigenvalue weighted by molar-refractivity contribution is 5.85. The van der Waals surface area contributed by atoms with Gasteiger partial charge < -0.3 is 14.8 Å². The average Bonchev–Trinajstić information content (AvgIpc) is 2.45. The Kier molecular flexibility index (Phi) is 6.77. The van der Waals surface area contributed by atoms with Crippen LogP contribution < -0.4 is 14.8 Å². The standard InChI is InChI=1S/C14H19F3N2O2.ClH/c1-10(19-7-5-18-6-8-19)12-4-3-11(9-13(12)20-2)21-14(15,16)17;/h3-4,9-10,18H,5-8H2,1-2H3;1H/t10-;/m0./s1. The number of nitrogens with zero attached hydrogens (tertiary/aromatic N) is 1. The predicted molar refractivity (Wildman–Crippen MR) is 79.8 cm³/mol. The molecule has 0 unspecified atom stereocenters. The second-order valence-corrected chi connectivity index (χ2v) is 4.91. The smallest absolute Gasteiger partial charge is 0.496 e. The lowest BCUT2D eigenvalue weighted by molar-refractivity contribution is -0.274. The second-order valence-electron chi connectivity index (χ2n) is 4.91. The van der Waals surface area contributed by atoms with Crippen LogP contribution in [0.25, 0.3) is 0 Å². The van der Waals surface area contributed by atoms with E-state index in [1.165, 1.54) is 19.2 Å². The molecule has 1 atom stereocenters. The van der Waals surface area contributed by atoms with Gasteiger partial charge in [0.2, 0.25) is 0 Å². The summed E-state index contributed by atoms with van der Waals surface area (Å²) in [6.07, 6.45) is -4.70. The molecular formula is C14H20ClF3N2O2. The number of halogens is 4. The molecule has 0 radical (unpaired) electrons. The Labute approximate surface area is 134 Å². The van der Waals surface area contributed by atoms with Crippen LogP contribution in [0.3, 0.4) is 0 Å². The fourth-order valence-electron chi connectivity index (χ4n) is 2.50. The molecule has 1 aliphatic heterocycles. The molecule has 1 aromatic carbocycles. The summed E-state index contributed by atoms with van der Waals surface area (Å²) >= 11 is 0. The van der Waals surface area contributed by atoms with E-state index in [4.69, 9.17) is 4.74 Å². The van der Waals surface area contributed by atoms with Crippen LogP contribution in [0.1, 0.15) is 18.5 Å². The van der Waals surface area contributed by atoms with Crippen molar-refractivity contribution in [2.75, 3.05) is 33.3 Å². The Balaban J connectivity index is 0.00000242. The second kappa shape index (κ2) is 7.89. The fourth-order valence-corrected chi connectivity index (χ4v) is 2.50. The zero-order valence-corrected chi connectivity index (χ0v) is 13.3. The number of benzene rings is 1. The van der Waals surface area contributed by atoms with Crippen LogP contribution in [0.4, 0.5) is 13.2 Å². The Morgan fingerprint density at radius 2 is 1.86 bits per heavy atom. The molecule has 126 valence electrons. The highest BCUT2D eigenvalue weighted by atomic mass is 35.5. The van der Waals surface area contributed by atoms with Gasteiger partial charge in [0.15, 0.2) is 0 Å². The summed E-state index contributed by atoms with van der Waals surface area (Å²) in [4.78, 5) is 2.26. The lowest BCUT2D eigenvalue weighted by Crippen LogP contribution is -2.44. The van der Waals surface area contributed by atoms with Crippen LogP contribution in [0.15, 0.2) is 18.2 Å². The molecule has 1 saturated heterocycles. The minimum Gasteiger partial charge on any atom is -0.496 e. The van der Waals surface area contributed by atoms with E-state index in [2.05, 4.69) is 15.0 Å². The maximum absolute atomic E-state index is 12.2. The highest BCUT2D eigenvalue weighted by Gasteiger charge is 2.31. The summed E-state index contributed by atoms with van der Waals surface area (Å²) in [5.41, 5.74) is 0.855. The van der Waals surface area contributed by atoms with Gasteiger partial charge in [0.05, 0.1) is 7.11 Å². The van der Waals surface area contributed by atoms with E-state index in [1.807, 2.05) is 6.92 Å². The van der Waals surface area contributed by atoms with E-state index in [-0.39, 0.29) is 24.2 Å². The Hall–Kier alpha value is -1.18. The van der Waals surface area contributed by atoms with Gasteiger partial charge in [0.1, 0.15) is 11.5 Å².